The molecule has 3 aromatic rings. The minimum atomic E-state index is -3.64. The Hall–Kier alpha value is -3.09. The van der Waals surface area contributed by atoms with Crippen LogP contribution in [-0.2, 0) is 27.9 Å². The second kappa shape index (κ2) is 8.57. The molecule has 11 nitrogen and oxygen atoms in total. The number of nitrogens with zero attached hydrogens (tertiary/aromatic N) is 5. The summed E-state index contributed by atoms with van der Waals surface area (Å²) in [6.45, 7) is 3.83. The molecule has 1 saturated heterocycles. The summed E-state index contributed by atoms with van der Waals surface area (Å²) in [6, 6.07) is 7.85. The van der Waals surface area contributed by atoms with Crippen LogP contribution in [0.4, 0.5) is 5.82 Å². The summed E-state index contributed by atoms with van der Waals surface area (Å²) in [5.74, 6) is 0.190. The first kappa shape index (κ1) is 21.2. The quantitative estimate of drug-likeness (QED) is 0.397. The van der Waals surface area contributed by atoms with E-state index in [9.17, 15) is 18.5 Å². The van der Waals surface area contributed by atoms with Gasteiger partial charge >= 0.3 is 5.82 Å². The Bertz CT molecular complexity index is 1220. The van der Waals surface area contributed by atoms with Gasteiger partial charge in [0.2, 0.25) is 15.8 Å². The molecule has 31 heavy (non-hydrogen) atoms. The maximum absolute atomic E-state index is 12.9. The molecule has 1 aliphatic rings. The summed E-state index contributed by atoms with van der Waals surface area (Å²) in [5.41, 5.74) is 1.26. The Morgan fingerprint density at radius 2 is 2.03 bits per heavy atom. The highest BCUT2D eigenvalue weighted by molar-refractivity contribution is 7.89. The van der Waals surface area contributed by atoms with E-state index in [4.69, 9.17) is 9.47 Å². The van der Waals surface area contributed by atoms with Crippen LogP contribution in [0.25, 0.3) is 11.0 Å². The number of ether oxygens (including phenoxy) is 2. The summed E-state index contributed by atoms with van der Waals surface area (Å²) in [7, 11) is -3.64. The Kier molecular flexibility index (Phi) is 5.85. The average Bonchev–Trinajstić information content (AvgIpc) is 3.15. The molecule has 0 N–H and O–H groups in total. The summed E-state index contributed by atoms with van der Waals surface area (Å²) < 4.78 is 40.0. The Morgan fingerprint density at radius 3 is 2.74 bits per heavy atom. The number of aromatic nitrogens is 3. The van der Waals surface area contributed by atoms with Gasteiger partial charge in [0.25, 0.3) is 0 Å². The molecule has 0 amide bonds. The number of fused-ring (bicyclic) bond motifs is 1. The van der Waals surface area contributed by atoms with Gasteiger partial charge in [0.15, 0.2) is 0 Å². The topological polar surface area (TPSA) is 130 Å². The maximum atomic E-state index is 12.9. The van der Waals surface area contributed by atoms with Crippen LogP contribution >= 0.6 is 0 Å². The van der Waals surface area contributed by atoms with Crippen LogP contribution in [-0.4, -0.2) is 58.5 Å². The highest BCUT2D eigenvalue weighted by Gasteiger charge is 2.27. The first-order valence-corrected chi connectivity index (χ1v) is 11.1. The summed E-state index contributed by atoms with van der Waals surface area (Å²) >= 11 is 0. The van der Waals surface area contributed by atoms with Gasteiger partial charge in [0.1, 0.15) is 18.6 Å². The predicted octanol–water partition coefficient (Wildman–Crippen LogP) is 1.96. The van der Waals surface area contributed by atoms with Gasteiger partial charge in [-0.25, -0.2) is 13.4 Å². The van der Waals surface area contributed by atoms with Crippen molar-refractivity contribution in [2.45, 2.75) is 25.0 Å². The van der Waals surface area contributed by atoms with Crippen LogP contribution in [0.15, 0.2) is 41.4 Å². The molecule has 0 aliphatic carbocycles. The van der Waals surface area contributed by atoms with E-state index in [0.717, 1.165) is 5.52 Å². The van der Waals surface area contributed by atoms with Crippen molar-refractivity contribution in [1.29, 1.82) is 0 Å². The second-order valence-electron chi connectivity index (χ2n) is 6.81. The lowest BCUT2D eigenvalue weighted by Gasteiger charge is -2.26. The zero-order valence-electron chi connectivity index (χ0n) is 16.8. The van der Waals surface area contributed by atoms with E-state index in [1.807, 2.05) is 11.5 Å². The van der Waals surface area contributed by atoms with Gasteiger partial charge in [-0.05, 0) is 47.2 Å². The fraction of sp³-hybridized carbons (Fsp3) is 0.368. The van der Waals surface area contributed by atoms with Crippen molar-refractivity contribution in [3.8, 4) is 5.75 Å². The van der Waals surface area contributed by atoms with Crippen LogP contribution in [0.5, 0.6) is 5.75 Å². The van der Waals surface area contributed by atoms with Crippen LogP contribution in [0, 0.1) is 10.1 Å². The van der Waals surface area contributed by atoms with Gasteiger partial charge < -0.3 is 24.2 Å². The van der Waals surface area contributed by atoms with Crippen molar-refractivity contribution >= 4 is 26.9 Å². The van der Waals surface area contributed by atoms with Gasteiger partial charge in [-0.3, -0.25) is 0 Å². The predicted molar refractivity (Wildman–Crippen MR) is 110 cm³/mol. The van der Waals surface area contributed by atoms with Gasteiger partial charge in [-0.1, -0.05) is 0 Å². The number of pyridine rings is 1. The number of hydrogen-bond donors (Lipinski definition) is 0. The number of benzene rings is 1. The molecule has 0 radical (unpaired) electrons. The minimum Gasteiger partial charge on any atom is -0.478 e. The largest absolute Gasteiger partial charge is 0.478 e. The second-order valence-corrected chi connectivity index (χ2v) is 8.75. The molecule has 1 aromatic carbocycles. The molecule has 1 aliphatic heterocycles. The van der Waals surface area contributed by atoms with Crippen molar-refractivity contribution in [3.05, 3.63) is 52.5 Å². The molecular weight excluding hydrogens is 426 g/mol. The Labute approximate surface area is 178 Å². The van der Waals surface area contributed by atoms with Gasteiger partial charge in [0, 0.05) is 19.6 Å². The molecule has 2 aromatic heterocycles. The highest BCUT2D eigenvalue weighted by atomic mass is 32.2. The van der Waals surface area contributed by atoms with Crippen molar-refractivity contribution in [2.75, 3.05) is 26.3 Å². The molecular formula is C19H21N5O6S. The third-order valence-electron chi connectivity index (χ3n) is 5.00. The molecule has 12 heteroatoms. The van der Waals surface area contributed by atoms with Crippen molar-refractivity contribution < 1.29 is 22.8 Å². The zero-order valence-corrected chi connectivity index (χ0v) is 17.6. The van der Waals surface area contributed by atoms with Crippen LogP contribution < -0.4 is 4.74 Å². The Balaban J connectivity index is 1.64. The number of imidazole rings is 1. The number of hydrogen-bond acceptors (Lipinski definition) is 8. The summed E-state index contributed by atoms with van der Waals surface area (Å²) in [5, 5.41) is 11.1. The summed E-state index contributed by atoms with van der Waals surface area (Å²) in [4.78, 5) is 18.9. The standard InChI is InChI=1S/C19H21N5O6S/c1-2-23-16-6-5-14(31(27,28)22-8-10-29-11-9-22)12-15(16)21-18(23)13-30-17-4-3-7-20-19(17)24(25)26/h3-7,12H,2,8-11,13H2,1H3. The molecule has 1 fully saturated rings. The normalized spacial score (nSPS) is 15.3. The third-order valence-corrected chi connectivity index (χ3v) is 6.90. The highest BCUT2D eigenvalue weighted by Crippen LogP contribution is 2.26. The third kappa shape index (κ3) is 4.09. The molecule has 164 valence electrons. The minimum absolute atomic E-state index is 0.0272. The monoisotopic (exact) mass is 447 g/mol. The van der Waals surface area contributed by atoms with E-state index in [0.29, 0.717) is 44.2 Å². The number of aryl methyl sites for hydroxylation is 1. The van der Waals surface area contributed by atoms with E-state index < -0.39 is 14.9 Å². The first-order chi connectivity index (χ1) is 14.9. The zero-order chi connectivity index (χ0) is 22.0. The van der Waals surface area contributed by atoms with Gasteiger partial charge in [-0.15, -0.1) is 0 Å². The van der Waals surface area contributed by atoms with Crippen molar-refractivity contribution in [3.63, 3.8) is 0 Å². The lowest BCUT2D eigenvalue weighted by Crippen LogP contribution is -2.40. The molecule has 0 spiro atoms. The van der Waals surface area contributed by atoms with E-state index in [2.05, 4.69) is 9.97 Å². The van der Waals surface area contributed by atoms with E-state index >= 15 is 0 Å². The number of nitro groups is 1. The fourth-order valence-electron chi connectivity index (χ4n) is 3.49. The fourth-order valence-corrected chi connectivity index (χ4v) is 4.92. The molecule has 0 saturated carbocycles. The molecule has 4 rings (SSSR count). The lowest BCUT2D eigenvalue weighted by atomic mass is 10.3. The van der Waals surface area contributed by atoms with Crippen LogP contribution in [0.2, 0.25) is 0 Å². The molecule has 0 bridgehead atoms. The Morgan fingerprint density at radius 1 is 1.26 bits per heavy atom. The summed E-state index contributed by atoms with van der Waals surface area (Å²) in [6.07, 6.45) is 1.32. The lowest BCUT2D eigenvalue weighted by molar-refractivity contribution is -0.390. The van der Waals surface area contributed by atoms with E-state index in [-0.39, 0.29) is 23.1 Å². The van der Waals surface area contributed by atoms with Crippen molar-refractivity contribution in [1.82, 2.24) is 18.8 Å². The van der Waals surface area contributed by atoms with E-state index in [1.54, 1.807) is 24.3 Å². The number of morpholine rings is 1. The van der Waals surface area contributed by atoms with Crippen molar-refractivity contribution in [2.24, 2.45) is 0 Å². The SMILES string of the molecule is CCn1c(COc2cccnc2[N+](=O)[O-])nc2cc(S(=O)(=O)N3CCOCC3)ccc21. The maximum Gasteiger partial charge on any atom is 0.406 e. The molecule has 0 atom stereocenters. The molecule has 0 unspecified atom stereocenters. The average molecular weight is 447 g/mol. The number of rotatable bonds is 7. The van der Waals surface area contributed by atoms with Crippen LogP contribution in [0.3, 0.4) is 0 Å². The van der Waals surface area contributed by atoms with E-state index in [1.165, 1.54) is 16.6 Å². The van der Waals surface area contributed by atoms with Gasteiger partial charge in [0.05, 0.1) is 29.1 Å². The smallest absolute Gasteiger partial charge is 0.406 e. The first-order valence-electron chi connectivity index (χ1n) is 9.71. The molecule has 3 heterocycles. The number of sulfonamides is 1. The van der Waals surface area contributed by atoms with Gasteiger partial charge in [-0.2, -0.15) is 4.31 Å². The van der Waals surface area contributed by atoms with Crippen LogP contribution in [0.1, 0.15) is 12.7 Å².